The first-order valence-corrected chi connectivity index (χ1v) is 14.5. The number of alkyl halides is 3. The van der Waals surface area contributed by atoms with E-state index in [2.05, 4.69) is 15.4 Å². The standard InChI is InChI=1S/C33H33F5N2O4/c34-23-13-20(14-24(35)17-23)15-29-30(41)19-39-28-18-31(43-12-4-2-1-3-5-32(42)40-29)26-11-8-22(16-27(26)28)21-6-9-25(10-7-21)44-33(36,37)38/h2,4,6-11,13-14,16-17,28-31,39,41H,1,3,5,12,15,18-19H2,(H,40,42)/b4-2-/t28-,29-,30+,31+/m0/s1. The molecule has 0 radical (unpaired) electrons. The molecule has 1 aliphatic heterocycles. The molecule has 234 valence electrons. The zero-order chi connectivity index (χ0) is 31.3. The third-order valence-electron chi connectivity index (χ3n) is 7.78. The Kier molecular flexibility index (Phi) is 9.97. The number of hydrogen-bond acceptors (Lipinski definition) is 5. The van der Waals surface area contributed by atoms with E-state index >= 15 is 0 Å². The van der Waals surface area contributed by atoms with Gasteiger partial charge in [0.05, 0.1) is 24.9 Å². The summed E-state index contributed by atoms with van der Waals surface area (Å²) in [4.78, 5) is 12.7. The van der Waals surface area contributed by atoms with Gasteiger partial charge >= 0.3 is 6.36 Å². The second-order valence-corrected chi connectivity index (χ2v) is 11.0. The molecule has 44 heavy (non-hydrogen) atoms. The number of amides is 1. The molecule has 0 aromatic heterocycles. The number of halogens is 5. The number of allylic oxidation sites excluding steroid dienone is 1. The van der Waals surface area contributed by atoms with Gasteiger partial charge in [-0.3, -0.25) is 4.79 Å². The average molecular weight is 617 g/mol. The SMILES string of the molecule is O=C1CCC/C=C\CO[C@@H]2C[C@H](NC[C@@H](O)[C@H](Cc3cc(F)cc(F)c3)N1)c1cc(-c3ccc(OC(F)(F)F)cc3)ccc12. The van der Waals surface area contributed by atoms with Crippen molar-refractivity contribution < 1.29 is 41.3 Å². The first kappa shape index (κ1) is 31.6. The first-order valence-electron chi connectivity index (χ1n) is 14.5. The third-order valence-corrected chi connectivity index (χ3v) is 7.78. The highest BCUT2D eigenvalue weighted by Crippen LogP contribution is 2.43. The van der Waals surface area contributed by atoms with E-state index in [-0.39, 0.29) is 43.2 Å². The number of carbonyl (C=O) groups excluding carboxylic acids is 1. The number of nitrogens with one attached hydrogen (secondary N) is 2. The summed E-state index contributed by atoms with van der Waals surface area (Å²) in [6.45, 7) is 0.438. The van der Waals surface area contributed by atoms with E-state index in [4.69, 9.17) is 4.74 Å². The minimum Gasteiger partial charge on any atom is -0.406 e. The van der Waals surface area contributed by atoms with E-state index in [1.807, 2.05) is 30.4 Å². The zero-order valence-corrected chi connectivity index (χ0v) is 23.7. The Bertz CT molecular complexity index is 1460. The summed E-state index contributed by atoms with van der Waals surface area (Å²) in [5, 5.41) is 17.4. The summed E-state index contributed by atoms with van der Waals surface area (Å²) in [7, 11) is 0. The maximum Gasteiger partial charge on any atom is 0.573 e. The molecular formula is C33H33F5N2O4. The molecule has 1 aliphatic carbocycles. The van der Waals surface area contributed by atoms with E-state index in [0.717, 1.165) is 22.8 Å². The van der Waals surface area contributed by atoms with Gasteiger partial charge < -0.3 is 25.2 Å². The number of aliphatic hydroxyl groups is 1. The van der Waals surface area contributed by atoms with Crippen LogP contribution in [0.1, 0.15) is 54.5 Å². The molecule has 11 heteroatoms. The second-order valence-electron chi connectivity index (χ2n) is 11.0. The third kappa shape index (κ3) is 8.43. The number of benzene rings is 3. The lowest BCUT2D eigenvalue weighted by Gasteiger charge is -2.26. The van der Waals surface area contributed by atoms with Gasteiger partial charge in [0.25, 0.3) is 0 Å². The lowest BCUT2D eigenvalue weighted by molar-refractivity contribution is -0.274. The van der Waals surface area contributed by atoms with E-state index in [1.54, 1.807) is 12.1 Å². The quantitative estimate of drug-likeness (QED) is 0.232. The maximum absolute atomic E-state index is 13.9. The topological polar surface area (TPSA) is 79.8 Å². The summed E-state index contributed by atoms with van der Waals surface area (Å²) >= 11 is 0. The monoisotopic (exact) mass is 616 g/mol. The molecule has 5 rings (SSSR count). The number of hydrogen-bond donors (Lipinski definition) is 3. The molecule has 0 saturated carbocycles. The van der Waals surface area contributed by atoms with Crippen molar-refractivity contribution in [2.45, 2.75) is 62.8 Å². The number of β-amino-alcohol motifs (C(OH)–C–C–N with tert-alkyl or cyclic N) is 1. The van der Waals surface area contributed by atoms with E-state index < -0.39 is 30.1 Å². The van der Waals surface area contributed by atoms with Crippen LogP contribution in [0.4, 0.5) is 22.0 Å². The fourth-order valence-electron chi connectivity index (χ4n) is 5.71. The Morgan fingerprint density at radius 2 is 1.66 bits per heavy atom. The van der Waals surface area contributed by atoms with Crippen molar-refractivity contribution in [3.05, 3.63) is 101 Å². The highest BCUT2D eigenvalue weighted by atomic mass is 19.4. The van der Waals surface area contributed by atoms with Gasteiger partial charge in [0, 0.05) is 25.1 Å². The van der Waals surface area contributed by atoms with Crippen LogP contribution in [0.15, 0.2) is 72.8 Å². The lowest BCUT2D eigenvalue weighted by atomic mass is 9.98. The predicted octanol–water partition coefficient (Wildman–Crippen LogP) is 6.45. The van der Waals surface area contributed by atoms with Gasteiger partial charge in [-0.05, 0) is 83.8 Å². The van der Waals surface area contributed by atoms with Crippen LogP contribution in [0.25, 0.3) is 11.1 Å². The second kappa shape index (κ2) is 13.9. The first-order chi connectivity index (χ1) is 21.0. The number of carbonyl (C=O) groups is 1. The number of rotatable bonds is 4. The smallest absolute Gasteiger partial charge is 0.406 e. The molecule has 2 bridgehead atoms. The van der Waals surface area contributed by atoms with Crippen LogP contribution in [-0.4, -0.2) is 42.7 Å². The van der Waals surface area contributed by atoms with E-state index in [9.17, 15) is 31.9 Å². The molecule has 1 amide bonds. The minimum atomic E-state index is -4.78. The van der Waals surface area contributed by atoms with Crippen LogP contribution in [0.2, 0.25) is 0 Å². The maximum atomic E-state index is 13.9. The summed E-state index contributed by atoms with van der Waals surface area (Å²) in [6.07, 6.45) is -0.212. The van der Waals surface area contributed by atoms with Crippen molar-refractivity contribution in [2.75, 3.05) is 13.2 Å². The molecular weight excluding hydrogens is 583 g/mol. The van der Waals surface area contributed by atoms with Crippen molar-refractivity contribution in [1.82, 2.24) is 10.6 Å². The van der Waals surface area contributed by atoms with Gasteiger partial charge in [-0.2, -0.15) is 0 Å². The number of ether oxygens (including phenoxy) is 2. The lowest BCUT2D eigenvalue weighted by Crippen LogP contribution is -2.49. The molecule has 1 heterocycles. The normalized spacial score (nSPS) is 23.9. The average Bonchev–Trinajstić information content (AvgIpc) is 3.30. The molecule has 0 spiro atoms. The van der Waals surface area contributed by atoms with Crippen molar-refractivity contribution in [1.29, 1.82) is 0 Å². The zero-order valence-electron chi connectivity index (χ0n) is 23.7. The summed E-state index contributed by atoms with van der Waals surface area (Å²) in [5.41, 5.74) is 3.64. The molecule has 4 atom stereocenters. The molecule has 0 saturated heterocycles. The Hall–Kier alpha value is -3.80. The Morgan fingerprint density at radius 3 is 2.39 bits per heavy atom. The van der Waals surface area contributed by atoms with Crippen LogP contribution in [-0.2, 0) is 16.0 Å². The molecule has 0 fully saturated rings. The van der Waals surface area contributed by atoms with Crippen LogP contribution in [0, 0.1) is 11.6 Å². The van der Waals surface area contributed by atoms with Gasteiger partial charge in [-0.15, -0.1) is 13.2 Å². The minimum absolute atomic E-state index is 0.0222. The van der Waals surface area contributed by atoms with Gasteiger partial charge in [-0.1, -0.05) is 36.4 Å². The van der Waals surface area contributed by atoms with Gasteiger partial charge in [0.15, 0.2) is 0 Å². The predicted molar refractivity (Wildman–Crippen MR) is 154 cm³/mol. The molecule has 3 aromatic carbocycles. The summed E-state index contributed by atoms with van der Waals surface area (Å²) in [6, 6.07) is 13.4. The largest absolute Gasteiger partial charge is 0.573 e. The molecule has 6 nitrogen and oxygen atoms in total. The Morgan fingerprint density at radius 1 is 0.932 bits per heavy atom. The number of aliphatic hydroxyl groups excluding tert-OH is 1. The summed E-state index contributed by atoms with van der Waals surface area (Å²) in [5.74, 6) is -2.08. The van der Waals surface area contributed by atoms with E-state index in [0.29, 0.717) is 37.0 Å². The highest BCUT2D eigenvalue weighted by molar-refractivity contribution is 5.76. The van der Waals surface area contributed by atoms with Crippen molar-refractivity contribution in [2.24, 2.45) is 0 Å². The number of fused-ring (bicyclic) bond motifs is 5. The van der Waals surface area contributed by atoms with Crippen LogP contribution < -0.4 is 15.4 Å². The van der Waals surface area contributed by atoms with Crippen molar-refractivity contribution >= 4 is 5.91 Å². The fraction of sp³-hybridized carbons (Fsp3) is 0.364. The Balaban J connectivity index is 1.39. The molecule has 3 N–H and O–H groups in total. The van der Waals surface area contributed by atoms with Crippen LogP contribution in [0.5, 0.6) is 5.75 Å². The Labute approximate surface area is 251 Å². The van der Waals surface area contributed by atoms with Gasteiger partial charge in [0.2, 0.25) is 5.91 Å². The van der Waals surface area contributed by atoms with E-state index in [1.165, 1.54) is 24.3 Å². The molecule has 0 unspecified atom stereocenters. The van der Waals surface area contributed by atoms with Crippen molar-refractivity contribution in [3.8, 4) is 16.9 Å². The fourth-order valence-corrected chi connectivity index (χ4v) is 5.71. The van der Waals surface area contributed by atoms with Gasteiger partial charge in [0.1, 0.15) is 17.4 Å². The molecule has 2 aliphatic rings. The van der Waals surface area contributed by atoms with Crippen molar-refractivity contribution in [3.63, 3.8) is 0 Å². The van der Waals surface area contributed by atoms with Crippen LogP contribution >= 0.6 is 0 Å². The molecule has 3 aromatic rings. The summed E-state index contributed by atoms with van der Waals surface area (Å²) < 4.78 is 75.7. The highest BCUT2D eigenvalue weighted by Gasteiger charge is 2.33. The van der Waals surface area contributed by atoms with Gasteiger partial charge in [-0.25, -0.2) is 8.78 Å². The van der Waals surface area contributed by atoms with Crippen LogP contribution in [0.3, 0.4) is 0 Å².